The van der Waals surface area contributed by atoms with Crippen molar-refractivity contribution in [1.82, 2.24) is 19.9 Å². The lowest BCUT2D eigenvalue weighted by molar-refractivity contribution is 0.463. The number of fused-ring (bicyclic) bond motifs is 1. The summed E-state index contributed by atoms with van der Waals surface area (Å²) in [5.41, 5.74) is 1.34. The molecule has 1 atom stereocenters. The number of pyridine rings is 1. The van der Waals surface area contributed by atoms with Gasteiger partial charge in [-0.15, -0.1) is 0 Å². The van der Waals surface area contributed by atoms with Gasteiger partial charge in [-0.25, -0.2) is 9.78 Å². The van der Waals surface area contributed by atoms with Gasteiger partial charge in [0.05, 0.1) is 5.52 Å². The van der Waals surface area contributed by atoms with Crippen LogP contribution in [-0.2, 0) is 7.05 Å². The van der Waals surface area contributed by atoms with Crippen molar-refractivity contribution < 1.29 is 0 Å². The number of rotatable bonds is 2. The largest absolute Gasteiger partial charge is 0.349 e. The van der Waals surface area contributed by atoms with Crippen molar-refractivity contribution in [2.45, 2.75) is 33.2 Å². The van der Waals surface area contributed by atoms with Gasteiger partial charge in [0.15, 0.2) is 5.82 Å². The predicted octanol–water partition coefficient (Wildman–Crippen LogP) is 1.41. The molecule has 0 spiro atoms. The second-order valence-electron chi connectivity index (χ2n) is 5.41. The second-order valence-corrected chi connectivity index (χ2v) is 5.41. The molecule has 1 fully saturated rings. The van der Waals surface area contributed by atoms with E-state index < -0.39 is 0 Å². The van der Waals surface area contributed by atoms with Crippen LogP contribution >= 0.6 is 0 Å². The summed E-state index contributed by atoms with van der Waals surface area (Å²) in [5, 5.41) is 12.5. The molecule has 7 heteroatoms. The molecule has 1 N–H and O–H groups in total. The summed E-state index contributed by atoms with van der Waals surface area (Å²) in [6, 6.07) is 5.71. The van der Waals surface area contributed by atoms with Crippen LogP contribution in [0.15, 0.2) is 16.9 Å². The maximum Gasteiger partial charge on any atom is 0.349 e. The highest BCUT2D eigenvalue weighted by atomic mass is 16.1. The van der Waals surface area contributed by atoms with E-state index in [4.69, 9.17) is 5.26 Å². The van der Waals surface area contributed by atoms with Gasteiger partial charge < -0.3 is 10.2 Å². The smallest absolute Gasteiger partial charge is 0.349 e. The Morgan fingerprint density at radius 2 is 2.12 bits per heavy atom. The van der Waals surface area contributed by atoms with Crippen LogP contribution in [0.1, 0.15) is 32.9 Å². The first-order valence-corrected chi connectivity index (χ1v) is 8.41. The number of hydrogen-bond acceptors (Lipinski definition) is 6. The van der Waals surface area contributed by atoms with Gasteiger partial charge in [0, 0.05) is 32.7 Å². The third-order valence-electron chi connectivity index (χ3n) is 4.14. The molecule has 128 valence electrons. The maximum atomic E-state index is 12.2. The standard InChI is InChI=1S/C15H18N6O.C2H6/c1-3-11-9-17-6-7-21(11)14-13-12(20(2)15(22)19-14)5-4-10(8-16)18-13;1-2/h4-5,11,17H,3,6-7,9H2,1-2H3;1-2H3. The Morgan fingerprint density at radius 3 is 2.79 bits per heavy atom. The van der Waals surface area contributed by atoms with Gasteiger partial charge in [0.1, 0.15) is 17.3 Å². The summed E-state index contributed by atoms with van der Waals surface area (Å²) in [7, 11) is 1.67. The summed E-state index contributed by atoms with van der Waals surface area (Å²) >= 11 is 0. The van der Waals surface area contributed by atoms with Gasteiger partial charge in [-0.1, -0.05) is 20.8 Å². The normalized spacial score (nSPS) is 17.1. The van der Waals surface area contributed by atoms with E-state index in [1.165, 1.54) is 4.57 Å². The van der Waals surface area contributed by atoms with E-state index in [1.54, 1.807) is 19.2 Å². The Morgan fingerprint density at radius 1 is 1.38 bits per heavy atom. The number of nitrogens with zero attached hydrogens (tertiary/aromatic N) is 5. The average molecular weight is 328 g/mol. The molecular formula is C17H24N6O. The zero-order valence-corrected chi connectivity index (χ0v) is 14.7. The molecular weight excluding hydrogens is 304 g/mol. The minimum absolute atomic E-state index is 0.268. The van der Waals surface area contributed by atoms with Gasteiger partial charge in [0.2, 0.25) is 0 Å². The lowest BCUT2D eigenvalue weighted by atomic mass is 10.1. The van der Waals surface area contributed by atoms with Crippen molar-refractivity contribution in [2.75, 3.05) is 24.5 Å². The van der Waals surface area contributed by atoms with Crippen LogP contribution in [0.5, 0.6) is 0 Å². The van der Waals surface area contributed by atoms with Crippen LogP contribution in [0, 0.1) is 11.3 Å². The Bertz CT molecular complexity index is 807. The van der Waals surface area contributed by atoms with Crippen LogP contribution < -0.4 is 15.9 Å². The number of nitriles is 1. The van der Waals surface area contributed by atoms with Crippen LogP contribution in [0.3, 0.4) is 0 Å². The molecule has 0 aliphatic carbocycles. The van der Waals surface area contributed by atoms with E-state index in [-0.39, 0.29) is 11.7 Å². The third kappa shape index (κ3) is 3.24. The number of aromatic nitrogens is 3. The lowest BCUT2D eigenvalue weighted by Gasteiger charge is -2.36. The van der Waals surface area contributed by atoms with Gasteiger partial charge in [-0.2, -0.15) is 10.2 Å². The number of piperazine rings is 1. The van der Waals surface area contributed by atoms with E-state index in [2.05, 4.69) is 33.2 Å². The summed E-state index contributed by atoms with van der Waals surface area (Å²) in [6.07, 6.45) is 0.948. The van der Waals surface area contributed by atoms with Crippen molar-refractivity contribution in [3.8, 4) is 6.07 Å². The Balaban J connectivity index is 0.00000100. The molecule has 0 radical (unpaired) electrons. The van der Waals surface area contributed by atoms with Crippen molar-refractivity contribution in [2.24, 2.45) is 7.05 Å². The van der Waals surface area contributed by atoms with Crippen molar-refractivity contribution >= 4 is 16.9 Å². The fourth-order valence-electron chi connectivity index (χ4n) is 2.88. The second kappa shape index (κ2) is 7.88. The molecule has 2 aromatic heterocycles. The Kier molecular flexibility index (Phi) is 5.88. The first-order chi connectivity index (χ1) is 11.7. The molecule has 24 heavy (non-hydrogen) atoms. The lowest BCUT2D eigenvalue weighted by Crippen LogP contribution is -2.52. The molecule has 0 saturated carbocycles. The van der Waals surface area contributed by atoms with Crippen LogP contribution in [-0.4, -0.2) is 40.2 Å². The molecule has 1 saturated heterocycles. The highest BCUT2D eigenvalue weighted by Crippen LogP contribution is 2.24. The summed E-state index contributed by atoms with van der Waals surface area (Å²) < 4.78 is 1.47. The first kappa shape index (κ1) is 17.9. The number of hydrogen-bond donors (Lipinski definition) is 1. The number of nitrogens with one attached hydrogen (secondary N) is 1. The van der Waals surface area contributed by atoms with E-state index in [0.29, 0.717) is 22.5 Å². The van der Waals surface area contributed by atoms with Gasteiger partial charge in [-0.3, -0.25) is 4.57 Å². The van der Waals surface area contributed by atoms with E-state index in [9.17, 15) is 4.79 Å². The fourth-order valence-corrected chi connectivity index (χ4v) is 2.88. The zero-order chi connectivity index (χ0) is 17.7. The fraction of sp³-hybridized carbons (Fsp3) is 0.529. The summed E-state index contributed by atoms with van der Waals surface area (Å²) in [4.78, 5) is 22.9. The molecule has 0 amide bonds. The minimum Gasteiger partial charge on any atom is -0.349 e. The molecule has 3 rings (SSSR count). The van der Waals surface area contributed by atoms with Crippen LogP contribution in [0.4, 0.5) is 5.82 Å². The van der Waals surface area contributed by atoms with Gasteiger partial charge in [-0.05, 0) is 18.6 Å². The molecule has 3 heterocycles. The molecule has 7 nitrogen and oxygen atoms in total. The summed E-state index contributed by atoms with van der Waals surface area (Å²) in [6.45, 7) is 8.58. The molecule has 1 unspecified atom stereocenters. The summed E-state index contributed by atoms with van der Waals surface area (Å²) in [5.74, 6) is 0.587. The van der Waals surface area contributed by atoms with E-state index >= 15 is 0 Å². The number of aryl methyl sites for hydroxylation is 1. The number of anilines is 1. The van der Waals surface area contributed by atoms with Gasteiger partial charge >= 0.3 is 5.69 Å². The van der Waals surface area contributed by atoms with Crippen LogP contribution in [0.25, 0.3) is 11.0 Å². The van der Waals surface area contributed by atoms with Gasteiger partial charge in [0.25, 0.3) is 0 Å². The molecule has 0 aromatic carbocycles. The average Bonchev–Trinajstić information content (AvgIpc) is 2.65. The van der Waals surface area contributed by atoms with Crippen molar-refractivity contribution in [1.29, 1.82) is 5.26 Å². The Hall–Kier alpha value is -2.46. The molecule has 0 bridgehead atoms. The van der Waals surface area contributed by atoms with E-state index in [1.807, 2.05) is 13.8 Å². The van der Waals surface area contributed by atoms with Crippen LogP contribution in [0.2, 0.25) is 0 Å². The topological polar surface area (TPSA) is 86.8 Å². The predicted molar refractivity (Wildman–Crippen MR) is 95.1 cm³/mol. The Labute approximate surface area is 141 Å². The third-order valence-corrected chi connectivity index (χ3v) is 4.14. The molecule has 1 aliphatic heterocycles. The molecule has 2 aromatic rings. The van der Waals surface area contributed by atoms with Crippen molar-refractivity contribution in [3.05, 3.63) is 28.3 Å². The first-order valence-electron chi connectivity index (χ1n) is 8.41. The highest BCUT2D eigenvalue weighted by molar-refractivity contribution is 5.86. The van der Waals surface area contributed by atoms with E-state index in [0.717, 1.165) is 26.1 Å². The SMILES string of the molecule is CC.CCC1CNCCN1c1nc(=O)n(C)c2ccc(C#N)nc12. The highest BCUT2D eigenvalue weighted by Gasteiger charge is 2.25. The molecule has 1 aliphatic rings. The minimum atomic E-state index is -0.303. The van der Waals surface area contributed by atoms with Crippen molar-refractivity contribution in [3.63, 3.8) is 0 Å². The quantitative estimate of drug-likeness (QED) is 0.897. The zero-order valence-electron chi connectivity index (χ0n) is 14.7. The maximum absolute atomic E-state index is 12.2. The monoisotopic (exact) mass is 328 g/mol.